The standard InChI is InChI=1S/C8H12O7S3/c9-1-2-13-7(12)8(18,14-5(10)3-16)15-6(11)4-17/h9,16-18H,1-4H2. The summed E-state index contributed by atoms with van der Waals surface area (Å²) in [5, 5.41) is 5.98. The second-order valence-electron chi connectivity index (χ2n) is 2.71. The molecule has 0 unspecified atom stereocenters. The normalized spacial score (nSPS) is 10.7. The molecule has 0 saturated carbocycles. The lowest BCUT2D eigenvalue weighted by molar-refractivity contribution is -0.211. The van der Waals surface area contributed by atoms with Crippen LogP contribution in [-0.4, -0.2) is 52.9 Å². The van der Waals surface area contributed by atoms with E-state index in [9.17, 15) is 14.4 Å². The molecule has 7 nitrogen and oxygen atoms in total. The summed E-state index contributed by atoms with van der Waals surface area (Å²) in [6, 6.07) is 0. The largest absolute Gasteiger partial charge is 0.457 e. The van der Waals surface area contributed by atoms with Crippen molar-refractivity contribution in [1.29, 1.82) is 0 Å². The molecule has 0 heterocycles. The van der Waals surface area contributed by atoms with Crippen molar-refractivity contribution in [2.75, 3.05) is 24.7 Å². The molecule has 0 bridgehead atoms. The van der Waals surface area contributed by atoms with Crippen LogP contribution in [0.1, 0.15) is 0 Å². The van der Waals surface area contributed by atoms with Crippen molar-refractivity contribution in [2.24, 2.45) is 0 Å². The molecule has 10 heteroatoms. The van der Waals surface area contributed by atoms with Gasteiger partial charge in [-0.15, -0.1) is 0 Å². The Morgan fingerprint density at radius 1 is 1.06 bits per heavy atom. The highest BCUT2D eigenvalue weighted by atomic mass is 32.1. The number of ether oxygens (including phenoxy) is 3. The van der Waals surface area contributed by atoms with E-state index >= 15 is 0 Å². The Kier molecular flexibility index (Phi) is 8.24. The molecule has 0 fully saturated rings. The van der Waals surface area contributed by atoms with E-state index in [2.05, 4.69) is 52.1 Å². The maximum atomic E-state index is 11.5. The summed E-state index contributed by atoms with van der Waals surface area (Å²) in [5.74, 6) is -3.84. The third-order valence-corrected chi connectivity index (χ3v) is 2.23. The SMILES string of the molecule is O=C(CS)OC(S)(OC(=O)CS)C(=O)OCCO. The molecule has 0 atom stereocenters. The minimum Gasteiger partial charge on any atom is -0.457 e. The van der Waals surface area contributed by atoms with Gasteiger partial charge in [-0.1, -0.05) is 12.6 Å². The van der Waals surface area contributed by atoms with Crippen LogP contribution in [0.15, 0.2) is 0 Å². The van der Waals surface area contributed by atoms with Crippen LogP contribution in [0.5, 0.6) is 0 Å². The topological polar surface area (TPSA) is 99.1 Å². The molecule has 18 heavy (non-hydrogen) atoms. The molecular formula is C8H12O7S3. The highest BCUT2D eigenvalue weighted by Crippen LogP contribution is 2.21. The summed E-state index contributed by atoms with van der Waals surface area (Å²) in [6.07, 6.45) is 0. The van der Waals surface area contributed by atoms with E-state index in [0.717, 1.165) is 0 Å². The monoisotopic (exact) mass is 316 g/mol. The molecule has 0 aromatic heterocycles. The number of hydrogen-bond donors (Lipinski definition) is 4. The van der Waals surface area contributed by atoms with Gasteiger partial charge >= 0.3 is 23.0 Å². The molecule has 0 aliphatic rings. The van der Waals surface area contributed by atoms with Gasteiger partial charge in [0, 0.05) is 0 Å². The van der Waals surface area contributed by atoms with Gasteiger partial charge in [0.1, 0.15) is 6.61 Å². The lowest BCUT2D eigenvalue weighted by Gasteiger charge is -2.24. The Balaban J connectivity index is 4.83. The van der Waals surface area contributed by atoms with E-state index in [4.69, 9.17) is 5.11 Å². The molecule has 0 aliphatic heterocycles. The van der Waals surface area contributed by atoms with Crippen molar-refractivity contribution in [1.82, 2.24) is 0 Å². The Morgan fingerprint density at radius 3 is 1.83 bits per heavy atom. The molecule has 0 aromatic carbocycles. The van der Waals surface area contributed by atoms with Crippen molar-refractivity contribution in [3.05, 3.63) is 0 Å². The second-order valence-corrected chi connectivity index (χ2v) is 3.93. The first kappa shape index (κ1) is 17.4. The van der Waals surface area contributed by atoms with Crippen LogP contribution in [0, 0.1) is 0 Å². The number of rotatable bonds is 7. The summed E-state index contributed by atoms with van der Waals surface area (Å²) in [7, 11) is 0. The van der Waals surface area contributed by atoms with Crippen LogP contribution >= 0.6 is 37.9 Å². The number of carbonyl (C=O) groups is 3. The van der Waals surface area contributed by atoms with E-state index in [1.807, 2.05) is 0 Å². The number of esters is 3. The van der Waals surface area contributed by atoms with Gasteiger partial charge < -0.3 is 19.3 Å². The summed E-state index contributed by atoms with van der Waals surface area (Å²) < 4.78 is 13.5. The predicted octanol–water partition coefficient (Wildman–Crippen LogP) is -0.949. The smallest absolute Gasteiger partial charge is 0.405 e. The molecule has 0 radical (unpaired) electrons. The van der Waals surface area contributed by atoms with E-state index in [-0.39, 0.29) is 18.1 Å². The van der Waals surface area contributed by atoms with Gasteiger partial charge in [-0.05, 0) is 0 Å². The highest BCUT2D eigenvalue weighted by molar-refractivity contribution is 7.82. The summed E-state index contributed by atoms with van der Waals surface area (Å²) in [4.78, 5) is 33.6. The van der Waals surface area contributed by atoms with Crippen LogP contribution in [-0.2, 0) is 28.6 Å². The van der Waals surface area contributed by atoms with Gasteiger partial charge in [0.05, 0.1) is 18.1 Å². The van der Waals surface area contributed by atoms with Crippen molar-refractivity contribution in [2.45, 2.75) is 5.12 Å². The van der Waals surface area contributed by atoms with Crippen LogP contribution in [0.4, 0.5) is 0 Å². The lowest BCUT2D eigenvalue weighted by atomic mass is 10.6. The number of aliphatic hydroxyl groups is 1. The van der Waals surface area contributed by atoms with Crippen LogP contribution in [0.25, 0.3) is 0 Å². The molecule has 0 spiro atoms. The fourth-order valence-electron chi connectivity index (χ4n) is 0.707. The molecule has 0 amide bonds. The third kappa shape index (κ3) is 5.85. The fraction of sp³-hybridized carbons (Fsp3) is 0.625. The Morgan fingerprint density at radius 2 is 1.50 bits per heavy atom. The average molecular weight is 316 g/mol. The molecule has 1 N–H and O–H groups in total. The molecule has 0 aromatic rings. The van der Waals surface area contributed by atoms with Gasteiger partial charge in [0.25, 0.3) is 0 Å². The van der Waals surface area contributed by atoms with E-state index in [1.165, 1.54) is 0 Å². The quantitative estimate of drug-likeness (QED) is 0.273. The predicted molar refractivity (Wildman–Crippen MR) is 69.7 cm³/mol. The summed E-state index contributed by atoms with van der Waals surface area (Å²) in [6.45, 7) is -0.811. The molecule has 104 valence electrons. The molecule has 0 rings (SSSR count). The van der Waals surface area contributed by atoms with Crippen molar-refractivity contribution in [3.8, 4) is 0 Å². The number of thiol groups is 3. The zero-order valence-electron chi connectivity index (χ0n) is 9.07. The number of carbonyl (C=O) groups excluding carboxylic acids is 3. The van der Waals surface area contributed by atoms with Crippen LogP contribution < -0.4 is 0 Å². The summed E-state index contributed by atoms with van der Waals surface area (Å²) in [5.41, 5.74) is 0. The first-order chi connectivity index (χ1) is 8.39. The third-order valence-electron chi connectivity index (χ3n) is 1.34. The minimum atomic E-state index is -2.52. The summed E-state index contributed by atoms with van der Waals surface area (Å²) >= 11 is 10.9. The van der Waals surface area contributed by atoms with Gasteiger partial charge in [-0.25, -0.2) is 4.79 Å². The van der Waals surface area contributed by atoms with Gasteiger partial charge in [0.2, 0.25) is 0 Å². The number of aliphatic hydroxyl groups excluding tert-OH is 1. The maximum absolute atomic E-state index is 11.5. The van der Waals surface area contributed by atoms with Gasteiger partial charge in [0.15, 0.2) is 0 Å². The second kappa shape index (κ2) is 8.51. The van der Waals surface area contributed by atoms with E-state index in [0.29, 0.717) is 0 Å². The van der Waals surface area contributed by atoms with Crippen LogP contribution in [0.2, 0.25) is 0 Å². The van der Waals surface area contributed by atoms with Crippen molar-refractivity contribution in [3.63, 3.8) is 0 Å². The first-order valence-corrected chi connectivity index (χ1v) is 6.26. The fourth-order valence-corrected chi connectivity index (χ4v) is 1.10. The van der Waals surface area contributed by atoms with E-state index < -0.39 is 29.6 Å². The number of hydrogen-bond acceptors (Lipinski definition) is 10. The highest BCUT2D eigenvalue weighted by Gasteiger charge is 2.45. The zero-order chi connectivity index (χ0) is 14.2. The molecule has 0 aliphatic carbocycles. The molecule has 0 saturated heterocycles. The molecular weight excluding hydrogens is 304 g/mol. The van der Waals surface area contributed by atoms with Crippen molar-refractivity contribution < 1.29 is 33.7 Å². The zero-order valence-corrected chi connectivity index (χ0v) is 11.8. The Hall–Kier alpha value is -0.580. The van der Waals surface area contributed by atoms with E-state index in [1.54, 1.807) is 0 Å². The maximum Gasteiger partial charge on any atom is 0.405 e. The minimum absolute atomic E-state index is 0.353. The Bertz CT molecular complexity index is 302. The Labute approximate surface area is 119 Å². The van der Waals surface area contributed by atoms with Gasteiger partial charge in [-0.3, -0.25) is 9.59 Å². The first-order valence-electron chi connectivity index (χ1n) is 4.55. The van der Waals surface area contributed by atoms with Crippen LogP contribution in [0.3, 0.4) is 0 Å². The lowest BCUT2D eigenvalue weighted by Crippen LogP contribution is -2.44. The van der Waals surface area contributed by atoms with Gasteiger partial charge in [-0.2, -0.15) is 25.3 Å². The average Bonchev–Trinajstić information content (AvgIpc) is 2.35. The van der Waals surface area contributed by atoms with Crippen molar-refractivity contribution >= 4 is 55.8 Å².